The molecule has 0 aliphatic heterocycles. The van der Waals surface area contributed by atoms with Crippen LogP contribution in [-0.4, -0.2) is 39.5 Å². The smallest absolute Gasteiger partial charge is 0.237 e. The quantitative estimate of drug-likeness (QED) is 0.113. The highest BCUT2D eigenvalue weighted by Crippen LogP contribution is 2.32. The Balaban J connectivity index is 1.01. The second-order valence-electron chi connectivity index (χ2n) is 10.8. The van der Waals surface area contributed by atoms with E-state index in [1.807, 2.05) is 121 Å². The fraction of sp³-hybridized carbons (Fsp3) is 0.135. The van der Waals surface area contributed by atoms with Crippen LogP contribution in [0.15, 0.2) is 126 Å². The first-order valence-electron chi connectivity index (χ1n) is 15.1. The number of carbonyl (C=O) groups excluding carboxylic acids is 3. The molecule has 0 aliphatic rings. The number of aromatic nitrogens is 1. The van der Waals surface area contributed by atoms with Crippen molar-refractivity contribution < 1.29 is 14.4 Å². The van der Waals surface area contributed by atoms with Crippen LogP contribution in [0.5, 0.6) is 0 Å². The molecule has 1 heterocycles. The molecule has 0 spiro atoms. The number of amides is 3. The standard InChI is InChI=1S/C37H32N4O3S3/c1-24(45-22-33(42)39-30-18-10-16-25-11-8-9-17-29(25)30)36(44)38-28-19-20-31-32(21-28)47-37(40-31)46-23-34(43)41-35(26-12-4-2-5-13-26)27-14-6-3-7-15-27/h2-21,24,35H,22-23H2,1H3,(H,38,44)(H,39,42)(H,41,43)/t24-/m1/s1. The lowest BCUT2D eigenvalue weighted by Gasteiger charge is -2.19. The molecule has 0 saturated heterocycles. The van der Waals surface area contributed by atoms with Gasteiger partial charge in [-0.15, -0.1) is 23.1 Å². The zero-order valence-electron chi connectivity index (χ0n) is 25.5. The lowest BCUT2D eigenvalue weighted by molar-refractivity contribution is -0.119. The van der Waals surface area contributed by atoms with Gasteiger partial charge in [-0.1, -0.05) is 109 Å². The summed E-state index contributed by atoms with van der Waals surface area (Å²) in [6.45, 7) is 1.79. The monoisotopic (exact) mass is 676 g/mol. The largest absolute Gasteiger partial charge is 0.344 e. The fourth-order valence-electron chi connectivity index (χ4n) is 5.06. The van der Waals surface area contributed by atoms with Crippen LogP contribution < -0.4 is 16.0 Å². The van der Waals surface area contributed by atoms with Crippen molar-refractivity contribution in [2.24, 2.45) is 0 Å². The predicted molar refractivity (Wildman–Crippen MR) is 196 cm³/mol. The van der Waals surface area contributed by atoms with E-state index in [-0.39, 0.29) is 35.3 Å². The molecule has 0 fully saturated rings. The Kier molecular flexibility index (Phi) is 10.5. The lowest BCUT2D eigenvalue weighted by Crippen LogP contribution is -2.30. The van der Waals surface area contributed by atoms with Gasteiger partial charge in [-0.2, -0.15) is 0 Å². The van der Waals surface area contributed by atoms with Crippen LogP contribution in [0.4, 0.5) is 11.4 Å². The van der Waals surface area contributed by atoms with Gasteiger partial charge in [0.25, 0.3) is 0 Å². The molecule has 6 rings (SSSR count). The van der Waals surface area contributed by atoms with Gasteiger partial charge < -0.3 is 16.0 Å². The van der Waals surface area contributed by atoms with Gasteiger partial charge in [-0.25, -0.2) is 4.98 Å². The average Bonchev–Trinajstić information content (AvgIpc) is 3.52. The van der Waals surface area contributed by atoms with Crippen molar-refractivity contribution in [1.82, 2.24) is 10.3 Å². The summed E-state index contributed by atoms with van der Waals surface area (Å²) in [5, 5.41) is 10.7. The maximum absolute atomic E-state index is 13.0. The summed E-state index contributed by atoms with van der Waals surface area (Å²) in [5.74, 6) is -0.0576. The Bertz CT molecular complexity index is 1970. The van der Waals surface area contributed by atoms with Gasteiger partial charge in [0.05, 0.1) is 33.0 Å². The van der Waals surface area contributed by atoms with Crippen LogP contribution in [0, 0.1) is 0 Å². The number of fused-ring (bicyclic) bond motifs is 2. The number of thioether (sulfide) groups is 2. The number of benzene rings is 5. The van der Waals surface area contributed by atoms with Gasteiger partial charge in [0.2, 0.25) is 17.7 Å². The molecule has 6 aromatic rings. The predicted octanol–water partition coefficient (Wildman–Crippen LogP) is 8.15. The third kappa shape index (κ3) is 8.40. The van der Waals surface area contributed by atoms with Crippen LogP contribution in [0.1, 0.15) is 24.1 Å². The highest BCUT2D eigenvalue weighted by Gasteiger charge is 2.19. The maximum Gasteiger partial charge on any atom is 0.237 e. The van der Waals surface area contributed by atoms with E-state index in [9.17, 15) is 14.4 Å². The van der Waals surface area contributed by atoms with Crippen molar-refractivity contribution in [3.63, 3.8) is 0 Å². The first-order valence-corrected chi connectivity index (χ1v) is 17.9. The molecule has 0 saturated carbocycles. The van der Waals surface area contributed by atoms with Crippen LogP contribution in [0.3, 0.4) is 0 Å². The second-order valence-corrected chi connectivity index (χ2v) is 14.4. The summed E-state index contributed by atoms with van der Waals surface area (Å²) in [4.78, 5) is 43.3. The number of thiazole rings is 1. The molecule has 7 nitrogen and oxygen atoms in total. The third-order valence-electron chi connectivity index (χ3n) is 7.43. The van der Waals surface area contributed by atoms with E-state index in [0.29, 0.717) is 5.69 Å². The van der Waals surface area contributed by atoms with Crippen molar-refractivity contribution in [3.05, 3.63) is 132 Å². The Morgan fingerprint density at radius 1 is 0.745 bits per heavy atom. The van der Waals surface area contributed by atoms with E-state index in [2.05, 4.69) is 20.9 Å². The van der Waals surface area contributed by atoms with Gasteiger partial charge in [0, 0.05) is 16.8 Å². The molecule has 0 bridgehead atoms. The summed E-state index contributed by atoms with van der Waals surface area (Å²) < 4.78 is 1.68. The first-order chi connectivity index (χ1) is 22.9. The van der Waals surface area contributed by atoms with E-state index < -0.39 is 5.25 Å². The molecule has 0 aliphatic carbocycles. The van der Waals surface area contributed by atoms with Crippen molar-refractivity contribution >= 4 is 84.9 Å². The number of anilines is 2. The van der Waals surface area contributed by atoms with E-state index in [4.69, 9.17) is 0 Å². The summed E-state index contributed by atoms with van der Waals surface area (Å²) in [6.07, 6.45) is 0. The number of carbonyl (C=O) groups is 3. The summed E-state index contributed by atoms with van der Waals surface area (Å²) in [5.41, 5.74) is 4.24. The van der Waals surface area contributed by atoms with Gasteiger partial charge in [0.15, 0.2) is 4.34 Å². The van der Waals surface area contributed by atoms with E-state index in [0.717, 1.165) is 42.1 Å². The van der Waals surface area contributed by atoms with Crippen molar-refractivity contribution in [1.29, 1.82) is 0 Å². The third-order valence-corrected chi connectivity index (χ3v) is 10.7. The second kappa shape index (κ2) is 15.3. The molecular formula is C37H32N4O3S3. The van der Waals surface area contributed by atoms with Gasteiger partial charge >= 0.3 is 0 Å². The zero-order chi connectivity index (χ0) is 32.6. The van der Waals surface area contributed by atoms with E-state index in [1.54, 1.807) is 6.92 Å². The number of nitrogens with one attached hydrogen (secondary N) is 3. The van der Waals surface area contributed by atoms with Crippen molar-refractivity contribution in [2.45, 2.75) is 22.6 Å². The Morgan fingerprint density at radius 3 is 2.17 bits per heavy atom. The maximum atomic E-state index is 13.0. The van der Waals surface area contributed by atoms with E-state index in [1.165, 1.54) is 34.9 Å². The normalized spacial score (nSPS) is 11.8. The minimum Gasteiger partial charge on any atom is -0.344 e. The molecule has 1 aromatic heterocycles. The van der Waals surface area contributed by atoms with Crippen LogP contribution in [0.25, 0.3) is 21.0 Å². The van der Waals surface area contributed by atoms with Gasteiger partial charge in [0.1, 0.15) is 0 Å². The first kappa shape index (κ1) is 32.3. The van der Waals surface area contributed by atoms with Crippen molar-refractivity contribution in [3.8, 4) is 0 Å². The highest BCUT2D eigenvalue weighted by molar-refractivity contribution is 8.01. The number of hydrogen-bond donors (Lipinski definition) is 3. The Hall–Kier alpha value is -4.64. The van der Waals surface area contributed by atoms with Gasteiger partial charge in [-0.05, 0) is 47.7 Å². The molecule has 3 N–H and O–H groups in total. The van der Waals surface area contributed by atoms with Crippen molar-refractivity contribution in [2.75, 3.05) is 22.1 Å². The van der Waals surface area contributed by atoms with E-state index >= 15 is 0 Å². The zero-order valence-corrected chi connectivity index (χ0v) is 28.0. The highest BCUT2D eigenvalue weighted by atomic mass is 32.2. The molecule has 10 heteroatoms. The molecule has 5 aromatic carbocycles. The number of nitrogens with zero attached hydrogens (tertiary/aromatic N) is 1. The summed E-state index contributed by atoms with van der Waals surface area (Å²) >= 11 is 4.15. The molecular weight excluding hydrogens is 645 g/mol. The molecule has 1 atom stereocenters. The average molecular weight is 677 g/mol. The minimum atomic E-state index is -0.439. The topological polar surface area (TPSA) is 100 Å². The molecule has 47 heavy (non-hydrogen) atoms. The summed E-state index contributed by atoms with van der Waals surface area (Å²) in [6, 6.07) is 38.8. The van der Waals surface area contributed by atoms with Crippen LogP contribution >= 0.6 is 34.9 Å². The Morgan fingerprint density at radius 2 is 1.43 bits per heavy atom. The molecule has 3 amide bonds. The fourth-order valence-corrected chi connectivity index (χ4v) is 7.67. The SMILES string of the molecule is C[C@@H](SCC(=O)Nc1cccc2ccccc12)C(=O)Nc1ccc2nc(SCC(=O)NC(c3ccccc3)c3ccccc3)sc2c1. The molecule has 0 radical (unpaired) electrons. The lowest BCUT2D eigenvalue weighted by atomic mass is 9.99. The number of rotatable bonds is 12. The molecule has 236 valence electrons. The number of hydrogen-bond acceptors (Lipinski definition) is 7. The van der Waals surface area contributed by atoms with Crippen LogP contribution in [0.2, 0.25) is 0 Å². The minimum absolute atomic E-state index is 0.0859. The van der Waals surface area contributed by atoms with Crippen LogP contribution in [-0.2, 0) is 14.4 Å². The summed E-state index contributed by atoms with van der Waals surface area (Å²) in [7, 11) is 0. The van der Waals surface area contributed by atoms with Gasteiger partial charge in [-0.3, -0.25) is 14.4 Å². The Labute approximate surface area is 285 Å². The molecule has 0 unspecified atom stereocenters.